The number of aryl methyl sites for hydroxylation is 1. The van der Waals surface area contributed by atoms with Crippen LogP contribution in [0.15, 0.2) is 42.7 Å². The maximum Gasteiger partial charge on any atom is 0.319 e. The molecule has 23 heavy (non-hydrogen) atoms. The highest BCUT2D eigenvalue weighted by Crippen LogP contribution is 2.18. The van der Waals surface area contributed by atoms with Crippen LogP contribution < -0.4 is 15.5 Å². The molecule has 0 saturated heterocycles. The molecule has 0 radical (unpaired) electrons. The number of nitrogens with one attached hydrogen (secondary N) is 2. The number of anilines is 2. The van der Waals surface area contributed by atoms with Crippen molar-refractivity contribution in [3.8, 4) is 0 Å². The van der Waals surface area contributed by atoms with Crippen LogP contribution in [0, 0.1) is 0 Å². The molecule has 2 rings (SSSR count). The average molecular weight is 315 g/mol. The summed E-state index contributed by atoms with van der Waals surface area (Å²) >= 11 is 0. The summed E-state index contributed by atoms with van der Waals surface area (Å²) < 4.78 is 1.82. The summed E-state index contributed by atoms with van der Waals surface area (Å²) in [5.41, 5.74) is 1.37. The molecule has 0 spiro atoms. The van der Waals surface area contributed by atoms with Crippen LogP contribution in [-0.4, -0.2) is 35.3 Å². The third-order valence-electron chi connectivity index (χ3n) is 3.37. The molecule has 0 saturated carbocycles. The second-order valence-electron chi connectivity index (χ2n) is 5.13. The van der Waals surface area contributed by atoms with Gasteiger partial charge in [-0.1, -0.05) is 6.07 Å². The van der Waals surface area contributed by atoms with Gasteiger partial charge in [0.15, 0.2) is 0 Å². The van der Waals surface area contributed by atoms with Gasteiger partial charge in [-0.3, -0.25) is 9.48 Å². The summed E-state index contributed by atoms with van der Waals surface area (Å²) in [5, 5.41) is 9.65. The Kier molecular flexibility index (Phi) is 5.74. The van der Waals surface area contributed by atoms with Gasteiger partial charge in [-0.2, -0.15) is 5.10 Å². The Hall–Kier alpha value is -2.83. The van der Waals surface area contributed by atoms with Gasteiger partial charge in [0.25, 0.3) is 0 Å². The SMILES string of the molecule is CC(=O)N(C)c1cccc(NC(=O)NCCCn2cccn2)c1. The van der Waals surface area contributed by atoms with Crippen molar-refractivity contribution < 1.29 is 9.59 Å². The highest BCUT2D eigenvalue weighted by molar-refractivity contribution is 5.93. The first-order valence-electron chi connectivity index (χ1n) is 7.43. The van der Waals surface area contributed by atoms with Crippen molar-refractivity contribution >= 4 is 23.3 Å². The van der Waals surface area contributed by atoms with Crippen LogP contribution >= 0.6 is 0 Å². The molecule has 0 aliphatic carbocycles. The zero-order valence-electron chi connectivity index (χ0n) is 13.3. The average Bonchev–Trinajstić information content (AvgIpc) is 3.04. The quantitative estimate of drug-likeness (QED) is 0.801. The molecule has 2 N–H and O–H groups in total. The number of rotatable bonds is 6. The van der Waals surface area contributed by atoms with Gasteiger partial charge >= 0.3 is 6.03 Å². The molecule has 0 aliphatic rings. The lowest BCUT2D eigenvalue weighted by Gasteiger charge is -2.16. The molecule has 1 aromatic heterocycles. The van der Waals surface area contributed by atoms with Gasteiger partial charge in [-0.15, -0.1) is 0 Å². The normalized spacial score (nSPS) is 10.2. The molecule has 122 valence electrons. The van der Waals surface area contributed by atoms with E-state index in [1.165, 1.54) is 11.8 Å². The van der Waals surface area contributed by atoms with Crippen LogP contribution in [0.4, 0.5) is 16.2 Å². The predicted octanol–water partition coefficient (Wildman–Crippen LogP) is 2.08. The number of hydrogen-bond donors (Lipinski definition) is 2. The van der Waals surface area contributed by atoms with Gasteiger partial charge in [0.1, 0.15) is 0 Å². The van der Waals surface area contributed by atoms with E-state index in [1.807, 2.05) is 23.0 Å². The molecule has 0 atom stereocenters. The molecule has 3 amide bonds. The zero-order valence-corrected chi connectivity index (χ0v) is 13.3. The molecule has 0 unspecified atom stereocenters. The second-order valence-corrected chi connectivity index (χ2v) is 5.13. The van der Waals surface area contributed by atoms with E-state index in [0.29, 0.717) is 12.2 Å². The molecule has 0 aliphatic heterocycles. The van der Waals surface area contributed by atoms with Crippen molar-refractivity contribution in [2.75, 3.05) is 23.8 Å². The number of urea groups is 1. The van der Waals surface area contributed by atoms with Crippen LogP contribution in [0.2, 0.25) is 0 Å². The van der Waals surface area contributed by atoms with Crippen molar-refractivity contribution in [3.05, 3.63) is 42.7 Å². The molecule has 0 bridgehead atoms. The number of hydrogen-bond acceptors (Lipinski definition) is 3. The Balaban J connectivity index is 1.78. The van der Waals surface area contributed by atoms with Crippen LogP contribution in [0.1, 0.15) is 13.3 Å². The van der Waals surface area contributed by atoms with Gasteiger partial charge in [0.05, 0.1) is 0 Å². The van der Waals surface area contributed by atoms with Crippen molar-refractivity contribution in [2.45, 2.75) is 19.9 Å². The fourth-order valence-corrected chi connectivity index (χ4v) is 2.03. The Morgan fingerprint density at radius 3 is 2.83 bits per heavy atom. The monoisotopic (exact) mass is 315 g/mol. The van der Waals surface area contributed by atoms with Gasteiger partial charge in [0.2, 0.25) is 5.91 Å². The largest absolute Gasteiger partial charge is 0.338 e. The zero-order chi connectivity index (χ0) is 16.7. The Bertz CT molecular complexity index is 654. The van der Waals surface area contributed by atoms with Crippen LogP contribution in [0.25, 0.3) is 0 Å². The molecule has 0 fully saturated rings. The highest BCUT2D eigenvalue weighted by Gasteiger charge is 2.07. The standard InChI is InChI=1S/C16H21N5O2/c1-13(22)20(2)15-7-3-6-14(12-15)19-16(23)17-8-4-10-21-11-5-9-18-21/h3,5-7,9,11-12H,4,8,10H2,1-2H3,(H2,17,19,23). The van der Waals surface area contributed by atoms with Gasteiger partial charge in [0, 0.05) is 50.8 Å². The summed E-state index contributed by atoms with van der Waals surface area (Å²) in [5.74, 6) is -0.0646. The van der Waals surface area contributed by atoms with E-state index >= 15 is 0 Å². The first-order valence-corrected chi connectivity index (χ1v) is 7.43. The molecular weight excluding hydrogens is 294 g/mol. The minimum atomic E-state index is -0.270. The smallest absolute Gasteiger partial charge is 0.319 e. The Morgan fingerprint density at radius 1 is 1.30 bits per heavy atom. The van der Waals surface area contributed by atoms with Crippen LogP contribution in [-0.2, 0) is 11.3 Å². The van der Waals surface area contributed by atoms with E-state index in [2.05, 4.69) is 15.7 Å². The van der Waals surface area contributed by atoms with Crippen LogP contribution in [0.3, 0.4) is 0 Å². The molecule has 7 nitrogen and oxygen atoms in total. The molecule has 1 aromatic carbocycles. The van der Waals surface area contributed by atoms with E-state index in [9.17, 15) is 9.59 Å². The molecule has 2 aromatic rings. The molecule has 1 heterocycles. The fraction of sp³-hybridized carbons (Fsp3) is 0.312. The van der Waals surface area contributed by atoms with Crippen molar-refractivity contribution in [1.82, 2.24) is 15.1 Å². The summed E-state index contributed by atoms with van der Waals surface area (Å²) in [7, 11) is 1.69. The fourth-order valence-electron chi connectivity index (χ4n) is 2.03. The Labute approximate surface area is 135 Å². The van der Waals surface area contributed by atoms with Crippen molar-refractivity contribution in [3.63, 3.8) is 0 Å². The molecule has 7 heteroatoms. The number of nitrogens with zero attached hydrogens (tertiary/aromatic N) is 3. The van der Waals surface area contributed by atoms with Crippen molar-refractivity contribution in [1.29, 1.82) is 0 Å². The third kappa shape index (κ3) is 5.14. The lowest BCUT2D eigenvalue weighted by atomic mass is 10.2. The van der Waals surface area contributed by atoms with Crippen molar-refractivity contribution in [2.24, 2.45) is 0 Å². The van der Waals surface area contributed by atoms with E-state index in [0.717, 1.165) is 18.7 Å². The summed E-state index contributed by atoms with van der Waals surface area (Å²) in [4.78, 5) is 24.8. The predicted molar refractivity (Wildman–Crippen MR) is 89.4 cm³/mol. The highest BCUT2D eigenvalue weighted by atomic mass is 16.2. The Morgan fingerprint density at radius 2 is 2.13 bits per heavy atom. The van der Waals surface area contributed by atoms with Gasteiger partial charge < -0.3 is 15.5 Å². The minimum Gasteiger partial charge on any atom is -0.338 e. The summed E-state index contributed by atoms with van der Waals surface area (Å²) in [6.07, 6.45) is 4.41. The molecular formula is C16H21N5O2. The lowest BCUT2D eigenvalue weighted by Crippen LogP contribution is -2.30. The van der Waals surface area contributed by atoms with Gasteiger partial charge in [-0.25, -0.2) is 4.79 Å². The minimum absolute atomic E-state index is 0.0646. The topological polar surface area (TPSA) is 79.3 Å². The second kappa shape index (κ2) is 7.98. The van der Waals surface area contributed by atoms with E-state index in [4.69, 9.17) is 0 Å². The number of carbonyl (C=O) groups excluding carboxylic acids is 2. The first kappa shape index (κ1) is 16.5. The summed E-state index contributed by atoms with van der Waals surface area (Å²) in [6.45, 7) is 2.80. The number of benzene rings is 1. The van der Waals surface area contributed by atoms with Gasteiger partial charge in [-0.05, 0) is 30.7 Å². The maximum absolute atomic E-state index is 11.9. The maximum atomic E-state index is 11.9. The van der Waals surface area contributed by atoms with E-state index < -0.39 is 0 Å². The third-order valence-corrected chi connectivity index (χ3v) is 3.37. The van der Waals surface area contributed by atoms with E-state index in [1.54, 1.807) is 31.4 Å². The number of aromatic nitrogens is 2. The van der Waals surface area contributed by atoms with E-state index in [-0.39, 0.29) is 11.9 Å². The number of amides is 3. The van der Waals surface area contributed by atoms with Crippen LogP contribution in [0.5, 0.6) is 0 Å². The first-order chi connectivity index (χ1) is 11.1. The number of carbonyl (C=O) groups is 2. The summed E-state index contributed by atoms with van der Waals surface area (Å²) in [6, 6.07) is 8.74. The lowest BCUT2D eigenvalue weighted by molar-refractivity contribution is -0.116.